The lowest BCUT2D eigenvalue weighted by Gasteiger charge is -2.16. The van der Waals surface area contributed by atoms with Crippen LogP contribution in [-0.2, 0) is 0 Å². The lowest BCUT2D eigenvalue weighted by atomic mass is 10.4. The minimum Gasteiger partial charge on any atom is -0.494 e. The van der Waals surface area contributed by atoms with E-state index in [1.165, 1.54) is 0 Å². The standard InChI is InChI=1S/C10H18N4O/c1-11-5-4-6-14(2)10-12-7-9(15-3)8-13-10/h7-8,11H,4-6H2,1-3H3. The molecule has 0 aliphatic heterocycles. The van der Waals surface area contributed by atoms with Crippen LogP contribution in [0.3, 0.4) is 0 Å². The van der Waals surface area contributed by atoms with Gasteiger partial charge in [0.05, 0.1) is 19.5 Å². The number of nitrogens with one attached hydrogen (secondary N) is 1. The van der Waals surface area contributed by atoms with E-state index in [1.807, 2.05) is 19.0 Å². The van der Waals surface area contributed by atoms with Crippen molar-refractivity contribution in [1.29, 1.82) is 0 Å². The van der Waals surface area contributed by atoms with Crippen molar-refractivity contribution >= 4 is 5.95 Å². The number of hydrogen-bond donors (Lipinski definition) is 1. The van der Waals surface area contributed by atoms with Crippen molar-refractivity contribution in [2.75, 3.05) is 39.2 Å². The van der Waals surface area contributed by atoms with Crippen molar-refractivity contribution in [3.05, 3.63) is 12.4 Å². The summed E-state index contributed by atoms with van der Waals surface area (Å²) >= 11 is 0. The number of anilines is 1. The fraction of sp³-hybridized carbons (Fsp3) is 0.600. The van der Waals surface area contributed by atoms with Gasteiger partial charge in [-0.2, -0.15) is 0 Å². The smallest absolute Gasteiger partial charge is 0.225 e. The van der Waals surface area contributed by atoms with Gasteiger partial charge in [0.15, 0.2) is 5.75 Å². The molecule has 5 heteroatoms. The second kappa shape index (κ2) is 6.19. The number of methoxy groups -OCH3 is 1. The molecule has 0 bridgehead atoms. The van der Waals surface area contributed by atoms with Gasteiger partial charge in [0.1, 0.15) is 0 Å². The van der Waals surface area contributed by atoms with E-state index >= 15 is 0 Å². The maximum Gasteiger partial charge on any atom is 0.225 e. The van der Waals surface area contributed by atoms with Crippen LogP contribution in [0.25, 0.3) is 0 Å². The molecule has 0 amide bonds. The quantitative estimate of drug-likeness (QED) is 0.694. The molecule has 0 spiro atoms. The Morgan fingerprint density at radius 3 is 2.60 bits per heavy atom. The van der Waals surface area contributed by atoms with Gasteiger partial charge in [-0.25, -0.2) is 9.97 Å². The van der Waals surface area contributed by atoms with Crippen LogP contribution < -0.4 is 15.0 Å². The van der Waals surface area contributed by atoms with Crippen LogP contribution in [0.5, 0.6) is 5.75 Å². The van der Waals surface area contributed by atoms with Crippen molar-refractivity contribution < 1.29 is 4.74 Å². The minimum atomic E-state index is 0.683. The van der Waals surface area contributed by atoms with Gasteiger partial charge < -0.3 is 15.0 Å². The lowest BCUT2D eigenvalue weighted by molar-refractivity contribution is 0.410. The average molecular weight is 210 g/mol. The van der Waals surface area contributed by atoms with Gasteiger partial charge in [0.25, 0.3) is 0 Å². The minimum absolute atomic E-state index is 0.683. The summed E-state index contributed by atoms with van der Waals surface area (Å²) in [5.41, 5.74) is 0. The predicted molar refractivity (Wildman–Crippen MR) is 60.4 cm³/mol. The topological polar surface area (TPSA) is 50.3 Å². The number of nitrogens with zero attached hydrogens (tertiary/aromatic N) is 3. The molecule has 0 aromatic carbocycles. The Morgan fingerprint density at radius 2 is 2.07 bits per heavy atom. The van der Waals surface area contributed by atoms with E-state index in [0.717, 1.165) is 25.5 Å². The van der Waals surface area contributed by atoms with Gasteiger partial charge in [-0.1, -0.05) is 0 Å². The molecule has 1 aromatic heterocycles. The number of rotatable bonds is 6. The van der Waals surface area contributed by atoms with E-state index < -0.39 is 0 Å². The Balaban J connectivity index is 2.46. The average Bonchev–Trinajstić information content (AvgIpc) is 2.29. The molecular formula is C10H18N4O. The maximum absolute atomic E-state index is 4.99. The third-order valence-electron chi connectivity index (χ3n) is 2.11. The second-order valence-electron chi connectivity index (χ2n) is 3.30. The van der Waals surface area contributed by atoms with Gasteiger partial charge in [-0.15, -0.1) is 0 Å². The van der Waals surface area contributed by atoms with E-state index in [-0.39, 0.29) is 0 Å². The first-order chi connectivity index (χ1) is 7.27. The Bertz CT molecular complexity index is 275. The van der Waals surface area contributed by atoms with Gasteiger partial charge in [-0.05, 0) is 20.0 Å². The molecule has 15 heavy (non-hydrogen) atoms. The fourth-order valence-electron chi connectivity index (χ4n) is 1.20. The summed E-state index contributed by atoms with van der Waals surface area (Å²) < 4.78 is 4.99. The molecule has 0 atom stereocenters. The third kappa shape index (κ3) is 3.71. The van der Waals surface area contributed by atoms with Crippen molar-refractivity contribution in [2.24, 2.45) is 0 Å². The van der Waals surface area contributed by atoms with E-state index in [0.29, 0.717) is 5.75 Å². The highest BCUT2D eigenvalue weighted by Crippen LogP contribution is 2.09. The highest BCUT2D eigenvalue weighted by Gasteiger charge is 2.03. The van der Waals surface area contributed by atoms with Gasteiger partial charge in [0.2, 0.25) is 5.95 Å². The van der Waals surface area contributed by atoms with Crippen molar-refractivity contribution in [3.8, 4) is 5.75 Å². The van der Waals surface area contributed by atoms with E-state index in [1.54, 1.807) is 19.5 Å². The van der Waals surface area contributed by atoms with Crippen LogP contribution in [0.1, 0.15) is 6.42 Å². The molecule has 0 aliphatic rings. The normalized spacial score (nSPS) is 10.1. The van der Waals surface area contributed by atoms with Crippen LogP contribution in [0.2, 0.25) is 0 Å². The first-order valence-corrected chi connectivity index (χ1v) is 4.99. The van der Waals surface area contributed by atoms with Gasteiger partial charge in [-0.3, -0.25) is 0 Å². The molecule has 1 aromatic rings. The molecule has 1 N–H and O–H groups in total. The zero-order valence-electron chi connectivity index (χ0n) is 9.53. The lowest BCUT2D eigenvalue weighted by Crippen LogP contribution is -2.23. The summed E-state index contributed by atoms with van der Waals surface area (Å²) in [6, 6.07) is 0. The first kappa shape index (κ1) is 11.7. The summed E-state index contributed by atoms with van der Waals surface area (Å²) in [6.45, 7) is 1.94. The van der Waals surface area contributed by atoms with E-state index in [2.05, 4.69) is 15.3 Å². The van der Waals surface area contributed by atoms with Gasteiger partial charge >= 0.3 is 0 Å². The van der Waals surface area contributed by atoms with Crippen LogP contribution in [0, 0.1) is 0 Å². The molecule has 0 radical (unpaired) electrons. The highest BCUT2D eigenvalue weighted by molar-refractivity contribution is 5.29. The molecule has 0 aliphatic carbocycles. The molecular weight excluding hydrogens is 192 g/mol. The Labute approximate surface area is 90.5 Å². The van der Waals surface area contributed by atoms with Crippen LogP contribution in [0.4, 0.5) is 5.95 Å². The Morgan fingerprint density at radius 1 is 1.40 bits per heavy atom. The summed E-state index contributed by atoms with van der Waals surface area (Å²) in [5.74, 6) is 1.41. The number of ether oxygens (including phenoxy) is 1. The molecule has 1 rings (SSSR count). The van der Waals surface area contributed by atoms with E-state index in [4.69, 9.17) is 4.74 Å². The molecule has 0 fully saturated rings. The van der Waals surface area contributed by atoms with Gasteiger partial charge in [0, 0.05) is 13.6 Å². The fourth-order valence-corrected chi connectivity index (χ4v) is 1.20. The van der Waals surface area contributed by atoms with Crippen LogP contribution >= 0.6 is 0 Å². The number of hydrogen-bond acceptors (Lipinski definition) is 5. The summed E-state index contributed by atoms with van der Waals surface area (Å²) in [5, 5.41) is 3.11. The summed E-state index contributed by atoms with van der Waals surface area (Å²) in [7, 11) is 5.54. The van der Waals surface area contributed by atoms with Crippen molar-refractivity contribution in [3.63, 3.8) is 0 Å². The maximum atomic E-state index is 4.99. The zero-order valence-corrected chi connectivity index (χ0v) is 9.53. The molecule has 0 unspecified atom stereocenters. The summed E-state index contributed by atoms with van der Waals surface area (Å²) in [6.07, 6.45) is 4.43. The third-order valence-corrected chi connectivity index (χ3v) is 2.11. The van der Waals surface area contributed by atoms with Crippen molar-refractivity contribution in [1.82, 2.24) is 15.3 Å². The Hall–Kier alpha value is -1.36. The predicted octanol–water partition coefficient (Wildman–Crippen LogP) is 0.531. The molecule has 5 nitrogen and oxygen atoms in total. The monoisotopic (exact) mass is 210 g/mol. The largest absolute Gasteiger partial charge is 0.494 e. The first-order valence-electron chi connectivity index (χ1n) is 4.99. The van der Waals surface area contributed by atoms with Crippen LogP contribution in [0.15, 0.2) is 12.4 Å². The number of aromatic nitrogens is 2. The Kier molecular flexibility index (Phi) is 4.83. The zero-order chi connectivity index (χ0) is 11.1. The summed E-state index contributed by atoms with van der Waals surface area (Å²) in [4.78, 5) is 10.4. The molecule has 0 saturated carbocycles. The SMILES string of the molecule is CNCCCN(C)c1ncc(OC)cn1. The molecule has 1 heterocycles. The molecule has 0 saturated heterocycles. The molecule has 84 valence electrons. The second-order valence-corrected chi connectivity index (χ2v) is 3.30. The van der Waals surface area contributed by atoms with Crippen molar-refractivity contribution in [2.45, 2.75) is 6.42 Å². The van der Waals surface area contributed by atoms with E-state index in [9.17, 15) is 0 Å². The van der Waals surface area contributed by atoms with Crippen LogP contribution in [-0.4, -0.2) is 44.3 Å². The highest BCUT2D eigenvalue weighted by atomic mass is 16.5.